The van der Waals surface area contributed by atoms with Crippen LogP contribution in [0.5, 0.6) is 0 Å². The first-order valence-corrected chi connectivity index (χ1v) is 7.23. The van der Waals surface area contributed by atoms with Crippen LogP contribution in [-0.4, -0.2) is 21.8 Å². The molecule has 1 N–H and O–H groups in total. The van der Waals surface area contributed by atoms with Crippen LogP contribution in [0.2, 0.25) is 0 Å². The van der Waals surface area contributed by atoms with Gasteiger partial charge in [-0.15, -0.1) is 11.6 Å². The van der Waals surface area contributed by atoms with E-state index >= 15 is 0 Å². The van der Waals surface area contributed by atoms with Crippen LogP contribution in [0.3, 0.4) is 0 Å². The average molecular weight is 262 g/mol. The SMILES string of the molecule is CCCc1nsc(NCC(CC)CCCl)n1. The molecular weight excluding hydrogens is 242 g/mol. The molecule has 0 saturated heterocycles. The molecule has 1 heterocycles. The van der Waals surface area contributed by atoms with E-state index < -0.39 is 0 Å². The van der Waals surface area contributed by atoms with Crippen LogP contribution in [0.1, 0.15) is 38.9 Å². The molecular formula is C11H20ClN3S. The molecule has 0 spiro atoms. The maximum atomic E-state index is 5.75. The van der Waals surface area contributed by atoms with Gasteiger partial charge in [0.1, 0.15) is 5.82 Å². The van der Waals surface area contributed by atoms with Crippen LogP contribution in [0.4, 0.5) is 5.13 Å². The molecule has 0 radical (unpaired) electrons. The number of hydrogen-bond acceptors (Lipinski definition) is 4. The lowest BCUT2D eigenvalue weighted by atomic mass is 10.0. The standard InChI is InChI=1S/C11H20ClN3S/c1-3-5-10-14-11(16-15-10)13-8-9(4-2)6-7-12/h9H,3-8H2,1-2H3,(H,13,14,15). The van der Waals surface area contributed by atoms with Gasteiger partial charge >= 0.3 is 0 Å². The molecule has 0 bridgehead atoms. The van der Waals surface area contributed by atoms with E-state index in [1.165, 1.54) is 11.5 Å². The second-order valence-electron chi connectivity index (χ2n) is 3.90. The fraction of sp³-hybridized carbons (Fsp3) is 0.818. The van der Waals surface area contributed by atoms with E-state index in [-0.39, 0.29) is 0 Å². The summed E-state index contributed by atoms with van der Waals surface area (Å²) in [4.78, 5) is 4.43. The quantitative estimate of drug-likeness (QED) is 0.727. The van der Waals surface area contributed by atoms with Crippen molar-refractivity contribution in [1.29, 1.82) is 0 Å². The summed E-state index contributed by atoms with van der Waals surface area (Å²) in [6, 6.07) is 0. The highest BCUT2D eigenvalue weighted by molar-refractivity contribution is 7.09. The van der Waals surface area contributed by atoms with Crippen molar-refractivity contribution < 1.29 is 0 Å². The van der Waals surface area contributed by atoms with Crippen molar-refractivity contribution in [1.82, 2.24) is 9.36 Å². The molecule has 5 heteroatoms. The van der Waals surface area contributed by atoms with Crippen molar-refractivity contribution in [3.63, 3.8) is 0 Å². The molecule has 3 nitrogen and oxygen atoms in total. The number of hydrogen-bond donors (Lipinski definition) is 1. The van der Waals surface area contributed by atoms with Gasteiger partial charge in [0.15, 0.2) is 0 Å². The van der Waals surface area contributed by atoms with Crippen LogP contribution >= 0.6 is 23.1 Å². The summed E-state index contributed by atoms with van der Waals surface area (Å²) in [5, 5.41) is 4.29. The fourth-order valence-electron chi connectivity index (χ4n) is 1.49. The largest absolute Gasteiger partial charge is 0.360 e. The molecule has 0 aliphatic heterocycles. The fourth-order valence-corrected chi connectivity index (χ4v) is 2.41. The van der Waals surface area contributed by atoms with Crippen LogP contribution in [0, 0.1) is 5.92 Å². The zero-order valence-corrected chi connectivity index (χ0v) is 11.6. The Morgan fingerprint density at radius 3 is 2.88 bits per heavy atom. The Morgan fingerprint density at radius 1 is 1.44 bits per heavy atom. The van der Waals surface area contributed by atoms with E-state index in [1.807, 2.05) is 0 Å². The first-order chi connectivity index (χ1) is 7.80. The van der Waals surface area contributed by atoms with Gasteiger partial charge in [0.25, 0.3) is 0 Å². The lowest BCUT2D eigenvalue weighted by molar-refractivity contribution is 0.521. The van der Waals surface area contributed by atoms with Gasteiger partial charge in [-0.05, 0) is 18.8 Å². The first kappa shape index (κ1) is 13.7. The maximum Gasteiger partial charge on any atom is 0.202 e. The third-order valence-electron chi connectivity index (χ3n) is 2.58. The summed E-state index contributed by atoms with van der Waals surface area (Å²) in [6.07, 6.45) is 4.28. The molecule has 0 fully saturated rings. The molecule has 1 unspecified atom stereocenters. The molecule has 1 atom stereocenters. The molecule has 1 aromatic heterocycles. The van der Waals surface area contributed by atoms with Gasteiger partial charge in [-0.2, -0.15) is 4.37 Å². The summed E-state index contributed by atoms with van der Waals surface area (Å²) < 4.78 is 4.30. The lowest BCUT2D eigenvalue weighted by Gasteiger charge is -2.12. The number of anilines is 1. The summed E-state index contributed by atoms with van der Waals surface area (Å²) in [5.41, 5.74) is 0. The minimum atomic E-state index is 0.635. The average Bonchev–Trinajstić information content (AvgIpc) is 2.72. The predicted octanol–water partition coefficient (Wildman–Crippen LogP) is 3.56. The highest BCUT2D eigenvalue weighted by Gasteiger charge is 2.07. The molecule has 92 valence electrons. The molecule has 0 aliphatic carbocycles. The smallest absolute Gasteiger partial charge is 0.202 e. The minimum absolute atomic E-state index is 0.635. The van der Waals surface area contributed by atoms with Crippen LogP contribution < -0.4 is 5.32 Å². The number of rotatable bonds is 8. The topological polar surface area (TPSA) is 37.8 Å². The molecule has 0 amide bonds. The summed E-state index contributed by atoms with van der Waals surface area (Å²) in [7, 11) is 0. The van der Waals surface area contributed by atoms with Gasteiger partial charge in [0.2, 0.25) is 5.13 Å². The molecule has 0 aliphatic rings. The van der Waals surface area contributed by atoms with Gasteiger partial charge in [-0.3, -0.25) is 0 Å². The van der Waals surface area contributed by atoms with Gasteiger partial charge in [0.05, 0.1) is 0 Å². The number of nitrogens with one attached hydrogen (secondary N) is 1. The Bertz CT molecular complexity index is 291. The van der Waals surface area contributed by atoms with Crippen molar-refractivity contribution in [2.75, 3.05) is 17.7 Å². The highest BCUT2D eigenvalue weighted by atomic mass is 35.5. The first-order valence-electron chi connectivity index (χ1n) is 5.92. The number of aromatic nitrogens is 2. The number of aryl methyl sites for hydroxylation is 1. The van der Waals surface area contributed by atoms with E-state index in [9.17, 15) is 0 Å². The second kappa shape index (κ2) is 7.85. The lowest BCUT2D eigenvalue weighted by Crippen LogP contribution is -2.14. The number of alkyl halides is 1. The Labute approximate surface area is 107 Å². The van der Waals surface area contributed by atoms with E-state index in [1.54, 1.807) is 0 Å². The van der Waals surface area contributed by atoms with E-state index in [0.29, 0.717) is 5.92 Å². The predicted molar refractivity (Wildman–Crippen MR) is 71.5 cm³/mol. The molecule has 1 rings (SSSR count). The Hall–Kier alpha value is -0.350. The zero-order valence-electron chi connectivity index (χ0n) is 10.0. The van der Waals surface area contributed by atoms with Crippen molar-refractivity contribution in [3.8, 4) is 0 Å². The highest BCUT2D eigenvalue weighted by Crippen LogP contribution is 2.15. The molecule has 0 saturated carbocycles. The minimum Gasteiger partial charge on any atom is -0.360 e. The van der Waals surface area contributed by atoms with Crippen LogP contribution in [0.25, 0.3) is 0 Å². The molecule has 1 aromatic rings. The Morgan fingerprint density at radius 2 is 2.25 bits per heavy atom. The van der Waals surface area contributed by atoms with Gasteiger partial charge in [-0.25, -0.2) is 4.98 Å². The third kappa shape index (κ3) is 4.66. The van der Waals surface area contributed by atoms with E-state index in [4.69, 9.17) is 11.6 Å². The van der Waals surface area contributed by atoms with Gasteiger partial charge in [0, 0.05) is 30.4 Å². The summed E-state index contributed by atoms with van der Waals surface area (Å²) in [5.74, 6) is 2.33. The molecule has 16 heavy (non-hydrogen) atoms. The van der Waals surface area contributed by atoms with Gasteiger partial charge < -0.3 is 5.32 Å². The Kier molecular flexibility index (Phi) is 6.73. The normalized spacial score (nSPS) is 12.7. The zero-order chi connectivity index (χ0) is 11.8. The van der Waals surface area contributed by atoms with Crippen molar-refractivity contribution >= 4 is 28.3 Å². The maximum absolute atomic E-state index is 5.75. The summed E-state index contributed by atoms with van der Waals surface area (Å²) >= 11 is 7.20. The van der Waals surface area contributed by atoms with Crippen molar-refractivity contribution in [2.45, 2.75) is 39.5 Å². The summed E-state index contributed by atoms with van der Waals surface area (Å²) in [6.45, 7) is 5.28. The van der Waals surface area contributed by atoms with E-state index in [2.05, 4.69) is 28.5 Å². The van der Waals surface area contributed by atoms with Gasteiger partial charge in [-0.1, -0.05) is 20.3 Å². The van der Waals surface area contributed by atoms with Crippen LogP contribution in [-0.2, 0) is 6.42 Å². The second-order valence-corrected chi connectivity index (χ2v) is 5.03. The van der Waals surface area contributed by atoms with E-state index in [0.717, 1.165) is 49.1 Å². The number of halogens is 1. The van der Waals surface area contributed by atoms with Crippen LogP contribution in [0.15, 0.2) is 0 Å². The van der Waals surface area contributed by atoms with Crippen molar-refractivity contribution in [3.05, 3.63) is 5.82 Å². The molecule has 0 aromatic carbocycles. The van der Waals surface area contributed by atoms with Crippen molar-refractivity contribution in [2.24, 2.45) is 5.92 Å². The monoisotopic (exact) mass is 261 g/mol. The Balaban J connectivity index is 2.34. The number of nitrogens with zero attached hydrogens (tertiary/aromatic N) is 2. The third-order valence-corrected chi connectivity index (χ3v) is 3.51.